The molecule has 2 heteroatoms. The summed E-state index contributed by atoms with van der Waals surface area (Å²) in [5.74, 6) is 3.56. The summed E-state index contributed by atoms with van der Waals surface area (Å²) in [6.07, 6.45) is 8.18. The molecule has 0 aliphatic heterocycles. The average Bonchev–Trinajstić information content (AvgIpc) is 3.04. The molecule has 1 N–H and O–H groups in total. The third kappa shape index (κ3) is 5.67. The van der Waals surface area contributed by atoms with Crippen molar-refractivity contribution >= 4 is 11.8 Å². The summed E-state index contributed by atoms with van der Waals surface area (Å²) in [5, 5.41) is 3.73. The molecule has 0 heterocycles. The Balaban J connectivity index is 1.85. The lowest BCUT2D eigenvalue weighted by atomic mass is 10.0. The van der Waals surface area contributed by atoms with Gasteiger partial charge in [-0.2, -0.15) is 11.8 Å². The van der Waals surface area contributed by atoms with Crippen LogP contribution in [0.5, 0.6) is 0 Å². The highest BCUT2D eigenvalue weighted by Crippen LogP contribution is 2.29. The van der Waals surface area contributed by atoms with E-state index in [0.29, 0.717) is 6.04 Å². The first-order valence-electron chi connectivity index (χ1n) is 8.73. The van der Waals surface area contributed by atoms with E-state index in [0.717, 1.165) is 18.9 Å². The number of hydrogen-bond donors (Lipinski definition) is 1. The van der Waals surface area contributed by atoms with Crippen molar-refractivity contribution in [2.24, 2.45) is 5.92 Å². The number of benzene rings is 1. The van der Waals surface area contributed by atoms with Gasteiger partial charge in [0.05, 0.1) is 0 Å². The Morgan fingerprint density at radius 3 is 2.48 bits per heavy atom. The molecule has 0 saturated heterocycles. The highest BCUT2D eigenvalue weighted by Gasteiger charge is 2.16. The topological polar surface area (TPSA) is 12.0 Å². The van der Waals surface area contributed by atoms with Crippen molar-refractivity contribution in [1.29, 1.82) is 0 Å². The number of aryl methyl sites for hydroxylation is 1. The molecule has 0 amide bonds. The van der Waals surface area contributed by atoms with Crippen LogP contribution in [0.3, 0.4) is 0 Å². The van der Waals surface area contributed by atoms with Crippen LogP contribution in [0.4, 0.5) is 0 Å². The van der Waals surface area contributed by atoms with Gasteiger partial charge in [0.15, 0.2) is 0 Å². The normalized spacial score (nSPS) is 17.2. The second-order valence-corrected chi connectivity index (χ2v) is 7.36. The summed E-state index contributed by atoms with van der Waals surface area (Å²) in [5.41, 5.74) is 2.89. The molecule has 1 saturated carbocycles. The van der Waals surface area contributed by atoms with E-state index in [2.05, 4.69) is 55.2 Å². The number of thioether (sulfide) groups is 1. The molecule has 1 atom stereocenters. The van der Waals surface area contributed by atoms with E-state index in [1.165, 1.54) is 54.7 Å². The maximum absolute atomic E-state index is 3.73. The van der Waals surface area contributed by atoms with Crippen molar-refractivity contribution in [1.82, 2.24) is 5.32 Å². The van der Waals surface area contributed by atoms with Crippen LogP contribution >= 0.6 is 11.8 Å². The van der Waals surface area contributed by atoms with E-state index < -0.39 is 0 Å². The van der Waals surface area contributed by atoms with Crippen LogP contribution in [0, 0.1) is 5.92 Å². The fourth-order valence-corrected chi connectivity index (χ4v) is 4.46. The molecule has 118 valence electrons. The van der Waals surface area contributed by atoms with Crippen LogP contribution < -0.4 is 5.32 Å². The van der Waals surface area contributed by atoms with Crippen molar-refractivity contribution in [3.8, 4) is 0 Å². The molecule has 0 bridgehead atoms. The maximum Gasteiger partial charge on any atom is 0.0411 e. The molecule has 1 aliphatic carbocycles. The summed E-state index contributed by atoms with van der Waals surface area (Å²) in [6.45, 7) is 5.58. The predicted molar refractivity (Wildman–Crippen MR) is 96.1 cm³/mol. The minimum atomic E-state index is 0.516. The van der Waals surface area contributed by atoms with Crippen LogP contribution in [-0.4, -0.2) is 18.1 Å². The van der Waals surface area contributed by atoms with Crippen molar-refractivity contribution in [2.75, 3.05) is 18.1 Å². The monoisotopic (exact) mass is 305 g/mol. The van der Waals surface area contributed by atoms with Gasteiger partial charge in [0.2, 0.25) is 0 Å². The maximum atomic E-state index is 3.73. The van der Waals surface area contributed by atoms with E-state index in [-0.39, 0.29) is 0 Å². The van der Waals surface area contributed by atoms with Crippen molar-refractivity contribution in [3.05, 3.63) is 35.4 Å². The summed E-state index contributed by atoms with van der Waals surface area (Å²) < 4.78 is 0. The van der Waals surface area contributed by atoms with Gasteiger partial charge < -0.3 is 5.32 Å². The van der Waals surface area contributed by atoms with Gasteiger partial charge in [0, 0.05) is 11.8 Å². The molecule has 0 aromatic heterocycles. The lowest BCUT2D eigenvalue weighted by Gasteiger charge is -2.20. The van der Waals surface area contributed by atoms with E-state index in [1.807, 2.05) is 0 Å². The lowest BCUT2D eigenvalue weighted by molar-refractivity contribution is 0.574. The first-order valence-corrected chi connectivity index (χ1v) is 9.89. The standard InChI is InChI=1S/C19H31NS/c1-3-13-20-19(15-21-14-17-7-5-6-8-17)18-11-9-16(4-2)10-12-18/h9-12,17,19-20H,3-8,13-15H2,1-2H3. The second kappa shape index (κ2) is 9.53. The molecule has 1 unspecified atom stereocenters. The fraction of sp³-hybridized carbons (Fsp3) is 0.684. The van der Waals surface area contributed by atoms with E-state index in [4.69, 9.17) is 0 Å². The molecule has 21 heavy (non-hydrogen) atoms. The zero-order valence-electron chi connectivity index (χ0n) is 13.7. The second-order valence-electron chi connectivity index (χ2n) is 6.29. The Kier molecular flexibility index (Phi) is 7.66. The van der Waals surface area contributed by atoms with Gasteiger partial charge in [-0.25, -0.2) is 0 Å². The summed E-state index contributed by atoms with van der Waals surface area (Å²) in [4.78, 5) is 0. The van der Waals surface area contributed by atoms with Crippen molar-refractivity contribution < 1.29 is 0 Å². The molecular formula is C19H31NS. The molecule has 1 fully saturated rings. The smallest absolute Gasteiger partial charge is 0.0411 e. The molecule has 1 nitrogen and oxygen atoms in total. The van der Waals surface area contributed by atoms with Crippen LogP contribution in [0.15, 0.2) is 24.3 Å². The number of rotatable bonds is 9. The third-order valence-corrected chi connectivity index (χ3v) is 5.82. The summed E-state index contributed by atoms with van der Waals surface area (Å²) in [6, 6.07) is 9.74. The Morgan fingerprint density at radius 1 is 1.14 bits per heavy atom. The molecular weight excluding hydrogens is 274 g/mol. The number of nitrogens with one attached hydrogen (secondary N) is 1. The van der Waals surface area contributed by atoms with E-state index in [9.17, 15) is 0 Å². The molecule has 1 aliphatic rings. The number of hydrogen-bond acceptors (Lipinski definition) is 2. The highest BCUT2D eigenvalue weighted by molar-refractivity contribution is 7.99. The van der Waals surface area contributed by atoms with E-state index in [1.54, 1.807) is 0 Å². The molecule has 0 spiro atoms. The summed E-state index contributed by atoms with van der Waals surface area (Å²) in [7, 11) is 0. The van der Waals surface area contributed by atoms with Crippen LogP contribution in [0.2, 0.25) is 0 Å². The molecule has 1 aromatic carbocycles. The minimum Gasteiger partial charge on any atom is -0.309 e. The fourth-order valence-electron chi connectivity index (χ4n) is 3.11. The van der Waals surface area contributed by atoms with Crippen molar-refractivity contribution in [2.45, 2.75) is 58.4 Å². The first-order chi connectivity index (χ1) is 10.3. The largest absolute Gasteiger partial charge is 0.309 e. The Morgan fingerprint density at radius 2 is 1.86 bits per heavy atom. The predicted octanol–water partition coefficient (Wildman–Crippen LogP) is 5.21. The first kappa shape index (κ1) is 16.9. The van der Waals surface area contributed by atoms with Gasteiger partial charge in [-0.1, -0.05) is 51.0 Å². The lowest BCUT2D eigenvalue weighted by Crippen LogP contribution is -2.24. The zero-order valence-corrected chi connectivity index (χ0v) is 14.6. The van der Waals surface area contributed by atoms with Gasteiger partial charge in [-0.05, 0) is 55.0 Å². The Labute approximate surface area is 135 Å². The average molecular weight is 306 g/mol. The third-order valence-electron chi connectivity index (χ3n) is 4.54. The SMILES string of the molecule is CCCNC(CSCC1CCCC1)c1ccc(CC)cc1. The quantitative estimate of drug-likeness (QED) is 0.672. The Bertz CT molecular complexity index is 381. The highest BCUT2D eigenvalue weighted by atomic mass is 32.2. The van der Waals surface area contributed by atoms with Gasteiger partial charge in [-0.3, -0.25) is 0 Å². The zero-order chi connectivity index (χ0) is 14.9. The van der Waals surface area contributed by atoms with Crippen molar-refractivity contribution in [3.63, 3.8) is 0 Å². The van der Waals surface area contributed by atoms with Crippen LogP contribution in [0.25, 0.3) is 0 Å². The van der Waals surface area contributed by atoms with Gasteiger partial charge in [-0.15, -0.1) is 0 Å². The summed E-state index contributed by atoms with van der Waals surface area (Å²) >= 11 is 2.15. The molecule has 0 radical (unpaired) electrons. The van der Waals surface area contributed by atoms with Crippen LogP contribution in [0.1, 0.15) is 63.1 Å². The van der Waals surface area contributed by atoms with Gasteiger partial charge in [0.1, 0.15) is 0 Å². The Hall–Kier alpha value is -0.470. The van der Waals surface area contributed by atoms with Crippen LogP contribution in [-0.2, 0) is 6.42 Å². The van der Waals surface area contributed by atoms with Gasteiger partial charge >= 0.3 is 0 Å². The molecule has 2 rings (SSSR count). The molecule has 1 aromatic rings. The minimum absolute atomic E-state index is 0.516. The van der Waals surface area contributed by atoms with Gasteiger partial charge in [0.25, 0.3) is 0 Å². The van der Waals surface area contributed by atoms with E-state index >= 15 is 0 Å².